The van der Waals surface area contributed by atoms with E-state index in [1.54, 1.807) is 23.1 Å². The second kappa shape index (κ2) is 5.51. The highest BCUT2D eigenvalue weighted by atomic mass is 35.5. The van der Waals surface area contributed by atoms with Crippen molar-refractivity contribution in [3.63, 3.8) is 0 Å². The molecule has 0 fully saturated rings. The lowest BCUT2D eigenvalue weighted by atomic mass is 10.2. The van der Waals surface area contributed by atoms with Crippen molar-refractivity contribution < 1.29 is 5.11 Å². The minimum absolute atomic E-state index is 0.103. The van der Waals surface area contributed by atoms with Gasteiger partial charge in [-0.1, -0.05) is 23.8 Å². The maximum absolute atomic E-state index is 9.83. The molecule has 0 radical (unpaired) electrons. The molecular weight excluding hydrogens is 312 g/mol. The first kappa shape index (κ1) is 13.5. The normalized spacial score (nSPS) is 10.5. The van der Waals surface area contributed by atoms with E-state index < -0.39 is 0 Å². The van der Waals surface area contributed by atoms with E-state index in [0.29, 0.717) is 16.5 Å². The molecule has 0 atom stereocenters. The average molecular weight is 321 g/mol. The van der Waals surface area contributed by atoms with Crippen molar-refractivity contribution in [2.75, 3.05) is 5.32 Å². The van der Waals surface area contributed by atoms with Gasteiger partial charge in [0.2, 0.25) is 0 Å². The van der Waals surface area contributed by atoms with Crippen LogP contribution in [0.1, 0.15) is 0 Å². The lowest BCUT2D eigenvalue weighted by Gasteiger charge is -2.10. The van der Waals surface area contributed by atoms with Gasteiger partial charge >= 0.3 is 0 Å². The van der Waals surface area contributed by atoms with Crippen LogP contribution in [0.15, 0.2) is 37.2 Å². The Bertz CT molecular complexity index is 832. The number of aromatic hydroxyl groups is 1. The highest BCUT2D eigenvalue weighted by Gasteiger charge is 2.08. The monoisotopic (exact) mass is 320 g/mol. The first-order valence-electron chi connectivity index (χ1n) is 5.83. The van der Waals surface area contributed by atoms with Crippen LogP contribution in [0.2, 0.25) is 5.02 Å². The SMILES string of the molecule is Oc1c(Nc2ccc(-n3cncn3)cc2Cl)[nH]cnc1=S. The lowest BCUT2D eigenvalue weighted by molar-refractivity contribution is 0.470. The summed E-state index contributed by atoms with van der Waals surface area (Å²) < 4.78 is 1.69. The zero-order chi connectivity index (χ0) is 14.8. The van der Waals surface area contributed by atoms with Crippen LogP contribution < -0.4 is 5.32 Å². The summed E-state index contributed by atoms with van der Waals surface area (Å²) in [7, 11) is 0. The standard InChI is InChI=1S/C12H9ClN6OS/c13-8-3-7(19-6-14-4-17-19)1-2-9(8)18-11-10(20)12(21)16-5-15-11/h1-6,20H,(H2,15,16,18,21). The van der Waals surface area contributed by atoms with Crippen LogP contribution in [0.5, 0.6) is 5.75 Å². The van der Waals surface area contributed by atoms with Gasteiger partial charge in [-0.15, -0.1) is 0 Å². The van der Waals surface area contributed by atoms with E-state index in [0.717, 1.165) is 5.69 Å². The molecule has 3 aromatic rings. The second-order valence-corrected chi connectivity index (χ2v) is 4.85. The third-order valence-electron chi connectivity index (χ3n) is 2.73. The molecule has 0 spiro atoms. The maximum atomic E-state index is 9.83. The number of aromatic amines is 1. The second-order valence-electron chi connectivity index (χ2n) is 4.06. The van der Waals surface area contributed by atoms with Crippen LogP contribution in [0.25, 0.3) is 5.69 Å². The number of nitrogens with zero attached hydrogens (tertiary/aromatic N) is 4. The Kier molecular flexibility index (Phi) is 3.55. The fourth-order valence-corrected chi connectivity index (χ4v) is 2.09. The van der Waals surface area contributed by atoms with Gasteiger partial charge in [-0.05, 0) is 18.2 Å². The molecule has 0 bridgehead atoms. The van der Waals surface area contributed by atoms with Crippen LogP contribution in [0.3, 0.4) is 0 Å². The molecule has 0 saturated heterocycles. The van der Waals surface area contributed by atoms with E-state index in [1.165, 1.54) is 12.7 Å². The van der Waals surface area contributed by atoms with E-state index >= 15 is 0 Å². The summed E-state index contributed by atoms with van der Waals surface area (Å²) in [5.74, 6) is 0.189. The number of halogens is 1. The van der Waals surface area contributed by atoms with Gasteiger partial charge in [0, 0.05) is 0 Å². The first-order valence-corrected chi connectivity index (χ1v) is 6.62. The maximum Gasteiger partial charge on any atom is 0.194 e. The van der Waals surface area contributed by atoms with Crippen molar-refractivity contribution in [2.24, 2.45) is 0 Å². The van der Waals surface area contributed by atoms with Gasteiger partial charge in [-0.25, -0.2) is 14.6 Å². The van der Waals surface area contributed by atoms with Crippen molar-refractivity contribution in [1.29, 1.82) is 0 Å². The van der Waals surface area contributed by atoms with E-state index in [9.17, 15) is 5.11 Å². The number of nitrogens with one attached hydrogen (secondary N) is 2. The van der Waals surface area contributed by atoms with Crippen molar-refractivity contribution in [3.05, 3.63) is 46.8 Å². The molecule has 0 unspecified atom stereocenters. The van der Waals surface area contributed by atoms with Gasteiger partial charge in [0.05, 0.1) is 22.7 Å². The summed E-state index contributed by atoms with van der Waals surface area (Å²) in [6.07, 6.45) is 4.40. The molecule has 0 aliphatic rings. The highest BCUT2D eigenvalue weighted by Crippen LogP contribution is 2.30. The van der Waals surface area contributed by atoms with Gasteiger partial charge in [-0.2, -0.15) is 5.10 Å². The van der Waals surface area contributed by atoms with Gasteiger partial charge in [0.15, 0.2) is 16.2 Å². The molecule has 0 amide bonds. The number of H-pyrrole nitrogens is 1. The number of anilines is 2. The lowest BCUT2D eigenvalue weighted by Crippen LogP contribution is -1.98. The van der Waals surface area contributed by atoms with Crippen LogP contribution in [0.4, 0.5) is 11.5 Å². The summed E-state index contributed by atoms with van der Waals surface area (Å²) in [6.45, 7) is 0. The molecule has 7 nitrogen and oxygen atoms in total. The molecule has 9 heteroatoms. The number of benzene rings is 1. The van der Waals surface area contributed by atoms with Crippen molar-refractivity contribution >= 4 is 35.3 Å². The molecule has 2 aromatic heterocycles. The number of rotatable bonds is 3. The van der Waals surface area contributed by atoms with E-state index in [4.69, 9.17) is 23.8 Å². The van der Waals surface area contributed by atoms with Gasteiger partial charge in [0.1, 0.15) is 12.7 Å². The minimum Gasteiger partial charge on any atom is -0.502 e. The summed E-state index contributed by atoms with van der Waals surface area (Å²) in [5.41, 5.74) is 1.38. The average Bonchev–Trinajstić information content (AvgIpc) is 3.00. The Balaban J connectivity index is 1.93. The van der Waals surface area contributed by atoms with Crippen LogP contribution in [-0.2, 0) is 0 Å². The molecule has 3 N–H and O–H groups in total. The van der Waals surface area contributed by atoms with Gasteiger partial charge in [-0.3, -0.25) is 0 Å². The highest BCUT2D eigenvalue weighted by molar-refractivity contribution is 7.71. The fraction of sp³-hybridized carbons (Fsp3) is 0. The van der Waals surface area contributed by atoms with Crippen molar-refractivity contribution in [1.82, 2.24) is 24.7 Å². The Morgan fingerprint density at radius 1 is 1.38 bits per heavy atom. The zero-order valence-electron chi connectivity index (χ0n) is 10.5. The number of aromatic nitrogens is 5. The molecule has 2 heterocycles. The molecule has 0 saturated carbocycles. The van der Waals surface area contributed by atoms with Crippen LogP contribution in [0, 0.1) is 4.64 Å². The molecule has 3 rings (SSSR count). The smallest absolute Gasteiger partial charge is 0.194 e. The first-order chi connectivity index (χ1) is 10.1. The summed E-state index contributed by atoms with van der Waals surface area (Å²) in [5, 5.41) is 17.3. The number of hydrogen-bond donors (Lipinski definition) is 3. The quantitative estimate of drug-likeness (QED) is 0.643. The van der Waals surface area contributed by atoms with E-state index in [-0.39, 0.29) is 10.4 Å². The third kappa shape index (κ3) is 2.71. The molecule has 106 valence electrons. The predicted molar refractivity (Wildman–Crippen MR) is 80.7 cm³/mol. The molecule has 21 heavy (non-hydrogen) atoms. The minimum atomic E-state index is -0.135. The van der Waals surface area contributed by atoms with Crippen LogP contribution in [-0.4, -0.2) is 29.8 Å². The van der Waals surface area contributed by atoms with Crippen molar-refractivity contribution in [3.8, 4) is 11.4 Å². The van der Waals surface area contributed by atoms with Gasteiger partial charge in [0.25, 0.3) is 0 Å². The molecule has 1 aromatic carbocycles. The van der Waals surface area contributed by atoms with Crippen molar-refractivity contribution in [2.45, 2.75) is 0 Å². The number of hydrogen-bond acceptors (Lipinski definition) is 6. The van der Waals surface area contributed by atoms with Crippen LogP contribution >= 0.6 is 23.8 Å². The topological polar surface area (TPSA) is 91.6 Å². The summed E-state index contributed by atoms with van der Waals surface area (Å²) in [6, 6.07) is 5.30. The Hall–Kier alpha value is -2.45. The zero-order valence-corrected chi connectivity index (χ0v) is 12.1. The third-order valence-corrected chi connectivity index (χ3v) is 3.34. The molecule has 0 aliphatic carbocycles. The molecular formula is C12H9ClN6OS. The Labute approximate surface area is 129 Å². The van der Waals surface area contributed by atoms with E-state index in [2.05, 4.69) is 25.4 Å². The fourth-order valence-electron chi connectivity index (χ4n) is 1.71. The molecule has 0 aliphatic heterocycles. The Morgan fingerprint density at radius 2 is 2.24 bits per heavy atom. The summed E-state index contributed by atoms with van der Waals surface area (Å²) in [4.78, 5) is 10.4. The predicted octanol–water partition coefficient (Wildman–Crippen LogP) is 2.82. The van der Waals surface area contributed by atoms with E-state index in [1.807, 2.05) is 6.07 Å². The largest absolute Gasteiger partial charge is 0.502 e. The van der Waals surface area contributed by atoms with Gasteiger partial charge < -0.3 is 15.4 Å². The summed E-state index contributed by atoms with van der Waals surface area (Å²) >= 11 is 11.1. The Morgan fingerprint density at radius 3 is 2.95 bits per heavy atom.